The fraction of sp³-hybridized carbons (Fsp3) is 0.227. The molecule has 0 aromatic heterocycles. The van der Waals surface area contributed by atoms with Crippen molar-refractivity contribution < 1.29 is 14.3 Å². The van der Waals surface area contributed by atoms with Gasteiger partial charge in [-0.1, -0.05) is 42.5 Å². The lowest BCUT2D eigenvalue weighted by molar-refractivity contribution is 0.0601. The molecule has 0 amide bonds. The number of rotatable bonds is 7. The smallest absolute Gasteiger partial charge is 0.339 e. The maximum absolute atomic E-state index is 11.9. The van der Waals surface area contributed by atoms with Crippen LogP contribution in [0.3, 0.4) is 0 Å². The second-order valence-electron chi connectivity index (χ2n) is 6.13. The van der Waals surface area contributed by atoms with E-state index in [4.69, 9.17) is 9.47 Å². The average Bonchev–Trinajstić information content (AvgIpc) is 2.68. The molecule has 0 spiro atoms. The van der Waals surface area contributed by atoms with Gasteiger partial charge in [-0.2, -0.15) is 0 Å². The van der Waals surface area contributed by atoms with Gasteiger partial charge in [-0.05, 0) is 47.9 Å². The quantitative estimate of drug-likeness (QED) is 0.491. The molecule has 0 saturated carbocycles. The van der Waals surface area contributed by atoms with Crippen LogP contribution in [0.15, 0.2) is 60.7 Å². The minimum Gasteiger partial charge on any atom is -0.494 e. The molecule has 0 atom stereocenters. The van der Waals surface area contributed by atoms with E-state index in [9.17, 15) is 4.79 Å². The number of aryl methyl sites for hydroxylation is 1. The summed E-state index contributed by atoms with van der Waals surface area (Å²) in [5, 5.41) is 5.71. The van der Waals surface area contributed by atoms with Gasteiger partial charge in [-0.15, -0.1) is 0 Å². The van der Waals surface area contributed by atoms with E-state index >= 15 is 0 Å². The Hall–Kier alpha value is -3.01. The van der Waals surface area contributed by atoms with Crippen molar-refractivity contribution >= 4 is 22.4 Å². The zero-order valence-corrected chi connectivity index (χ0v) is 15.1. The van der Waals surface area contributed by atoms with E-state index in [1.807, 2.05) is 37.3 Å². The predicted molar refractivity (Wildman–Crippen MR) is 105 cm³/mol. The fourth-order valence-corrected chi connectivity index (χ4v) is 2.92. The van der Waals surface area contributed by atoms with Crippen molar-refractivity contribution in [1.82, 2.24) is 0 Å². The number of hydrogen-bond acceptors (Lipinski definition) is 4. The molecule has 1 N–H and O–H groups in total. The fourth-order valence-electron chi connectivity index (χ4n) is 2.92. The van der Waals surface area contributed by atoms with Crippen LogP contribution in [-0.2, 0) is 4.74 Å². The van der Waals surface area contributed by atoms with Crippen molar-refractivity contribution in [3.05, 3.63) is 71.8 Å². The largest absolute Gasteiger partial charge is 0.494 e. The average molecular weight is 349 g/mol. The summed E-state index contributed by atoms with van der Waals surface area (Å²) in [6, 6.07) is 19.9. The molecule has 3 aromatic rings. The molecule has 26 heavy (non-hydrogen) atoms. The van der Waals surface area contributed by atoms with Crippen LogP contribution in [0.4, 0.5) is 5.69 Å². The van der Waals surface area contributed by atoms with Crippen LogP contribution in [0, 0.1) is 6.92 Å². The van der Waals surface area contributed by atoms with Crippen molar-refractivity contribution in [3.63, 3.8) is 0 Å². The molecule has 3 aromatic carbocycles. The standard InChI is InChI=1S/C22H23NO3/c1-16-7-5-10-20(22(24)25-2)21(16)23-13-6-14-26-19-12-11-17-8-3-4-9-18(17)15-19/h3-5,7-12,15,23H,6,13-14H2,1-2H3. The SMILES string of the molecule is COC(=O)c1cccc(C)c1NCCCOc1ccc2ccccc2c1. The molecule has 0 aliphatic rings. The topological polar surface area (TPSA) is 47.6 Å². The van der Waals surface area contributed by atoms with E-state index in [0.717, 1.165) is 23.4 Å². The molecule has 0 heterocycles. The van der Waals surface area contributed by atoms with Gasteiger partial charge in [0.05, 0.1) is 25.0 Å². The highest BCUT2D eigenvalue weighted by molar-refractivity contribution is 5.96. The van der Waals surface area contributed by atoms with Crippen LogP contribution < -0.4 is 10.1 Å². The Morgan fingerprint density at radius 1 is 1.00 bits per heavy atom. The summed E-state index contributed by atoms with van der Waals surface area (Å²) in [6.07, 6.45) is 0.821. The molecular weight excluding hydrogens is 326 g/mol. The van der Waals surface area contributed by atoms with Gasteiger partial charge in [0.15, 0.2) is 0 Å². The normalized spacial score (nSPS) is 10.5. The van der Waals surface area contributed by atoms with Gasteiger partial charge >= 0.3 is 5.97 Å². The number of carbonyl (C=O) groups excluding carboxylic acids is 1. The molecule has 0 bridgehead atoms. The summed E-state index contributed by atoms with van der Waals surface area (Å²) >= 11 is 0. The molecule has 3 rings (SSSR count). The van der Waals surface area contributed by atoms with E-state index in [1.165, 1.54) is 17.9 Å². The summed E-state index contributed by atoms with van der Waals surface area (Å²) in [5.74, 6) is 0.540. The number of esters is 1. The number of nitrogens with one attached hydrogen (secondary N) is 1. The first-order valence-electron chi connectivity index (χ1n) is 8.72. The molecular formula is C22H23NO3. The lowest BCUT2D eigenvalue weighted by Crippen LogP contribution is -2.12. The van der Waals surface area contributed by atoms with Crippen molar-refractivity contribution in [3.8, 4) is 5.75 Å². The van der Waals surface area contributed by atoms with Gasteiger partial charge in [0, 0.05) is 6.54 Å². The number of methoxy groups -OCH3 is 1. The number of carbonyl (C=O) groups is 1. The van der Waals surface area contributed by atoms with Crippen LogP contribution in [0.25, 0.3) is 10.8 Å². The Balaban J connectivity index is 1.53. The molecule has 4 heteroatoms. The Morgan fingerprint density at radius 2 is 1.81 bits per heavy atom. The second kappa shape index (κ2) is 8.39. The molecule has 4 nitrogen and oxygen atoms in total. The summed E-state index contributed by atoms with van der Waals surface area (Å²) < 4.78 is 10.7. The Labute approximate surface area is 153 Å². The van der Waals surface area contributed by atoms with E-state index in [2.05, 4.69) is 29.6 Å². The van der Waals surface area contributed by atoms with Gasteiger partial charge in [0.25, 0.3) is 0 Å². The van der Waals surface area contributed by atoms with E-state index in [0.29, 0.717) is 18.7 Å². The molecule has 0 radical (unpaired) electrons. The van der Waals surface area contributed by atoms with Gasteiger partial charge in [-0.25, -0.2) is 4.79 Å². The van der Waals surface area contributed by atoms with Crippen LogP contribution in [0.5, 0.6) is 5.75 Å². The van der Waals surface area contributed by atoms with Crippen LogP contribution in [0.1, 0.15) is 22.3 Å². The Bertz CT molecular complexity index is 905. The predicted octanol–water partition coefficient (Wildman–Crippen LogP) is 4.82. The number of para-hydroxylation sites is 1. The first-order chi connectivity index (χ1) is 12.7. The number of benzene rings is 3. The van der Waals surface area contributed by atoms with Gasteiger partial charge < -0.3 is 14.8 Å². The van der Waals surface area contributed by atoms with Crippen molar-refractivity contribution in [2.24, 2.45) is 0 Å². The summed E-state index contributed by atoms with van der Waals surface area (Å²) in [5.41, 5.74) is 2.40. The minimum absolute atomic E-state index is 0.330. The zero-order chi connectivity index (χ0) is 18.4. The zero-order valence-electron chi connectivity index (χ0n) is 15.1. The molecule has 0 fully saturated rings. The summed E-state index contributed by atoms with van der Waals surface area (Å²) in [6.45, 7) is 3.29. The third-order valence-corrected chi connectivity index (χ3v) is 4.29. The van der Waals surface area contributed by atoms with E-state index < -0.39 is 0 Å². The Morgan fingerprint density at radius 3 is 2.62 bits per heavy atom. The van der Waals surface area contributed by atoms with Gasteiger partial charge in [0.2, 0.25) is 0 Å². The third kappa shape index (κ3) is 4.14. The summed E-state index contributed by atoms with van der Waals surface area (Å²) in [4.78, 5) is 11.9. The highest BCUT2D eigenvalue weighted by Gasteiger charge is 2.12. The van der Waals surface area contributed by atoms with Gasteiger partial charge in [0.1, 0.15) is 5.75 Å². The lowest BCUT2D eigenvalue weighted by Gasteiger charge is -2.14. The number of fused-ring (bicyclic) bond motifs is 1. The molecule has 0 unspecified atom stereocenters. The highest BCUT2D eigenvalue weighted by Crippen LogP contribution is 2.22. The molecule has 0 aliphatic heterocycles. The van der Waals surface area contributed by atoms with E-state index in [1.54, 1.807) is 6.07 Å². The maximum atomic E-state index is 11.9. The maximum Gasteiger partial charge on any atom is 0.339 e. The summed E-state index contributed by atoms with van der Waals surface area (Å²) in [7, 11) is 1.39. The molecule has 134 valence electrons. The van der Waals surface area contributed by atoms with Crippen molar-refractivity contribution in [2.45, 2.75) is 13.3 Å². The highest BCUT2D eigenvalue weighted by atomic mass is 16.5. The monoisotopic (exact) mass is 349 g/mol. The number of anilines is 1. The first kappa shape index (κ1) is 17.8. The van der Waals surface area contributed by atoms with Gasteiger partial charge in [-0.3, -0.25) is 0 Å². The molecule has 0 saturated heterocycles. The van der Waals surface area contributed by atoms with Crippen LogP contribution in [-0.4, -0.2) is 26.2 Å². The van der Waals surface area contributed by atoms with E-state index in [-0.39, 0.29) is 5.97 Å². The van der Waals surface area contributed by atoms with Crippen LogP contribution >= 0.6 is 0 Å². The molecule has 0 aliphatic carbocycles. The Kier molecular flexibility index (Phi) is 5.74. The number of ether oxygens (including phenoxy) is 2. The third-order valence-electron chi connectivity index (χ3n) is 4.29. The van der Waals surface area contributed by atoms with Crippen LogP contribution in [0.2, 0.25) is 0 Å². The minimum atomic E-state index is -0.330. The number of hydrogen-bond donors (Lipinski definition) is 1. The van der Waals surface area contributed by atoms with Crippen molar-refractivity contribution in [2.75, 3.05) is 25.6 Å². The van der Waals surface area contributed by atoms with Crippen molar-refractivity contribution in [1.29, 1.82) is 0 Å². The lowest BCUT2D eigenvalue weighted by atomic mass is 10.1. The second-order valence-corrected chi connectivity index (χ2v) is 6.13. The first-order valence-corrected chi connectivity index (χ1v) is 8.72.